The number of nitrogens with zero attached hydrogens (tertiary/aromatic N) is 5. The molecule has 0 radical (unpaired) electrons. The molecule has 3 aromatic heterocycles. The van der Waals surface area contributed by atoms with E-state index in [9.17, 15) is 4.79 Å². The minimum Gasteiger partial charge on any atom is -0.329 e. The second kappa shape index (κ2) is 8.74. The maximum atomic E-state index is 13.0. The quantitative estimate of drug-likeness (QED) is 0.502. The Morgan fingerprint density at radius 3 is 2.85 bits per heavy atom. The normalized spacial score (nSPS) is 20.4. The van der Waals surface area contributed by atoms with Crippen molar-refractivity contribution in [3.63, 3.8) is 0 Å². The fraction of sp³-hybridized carbons (Fsp3) is 0.522. The molecule has 3 aliphatic rings. The maximum absolute atomic E-state index is 13.0. The first-order valence-corrected chi connectivity index (χ1v) is 12.8. The van der Waals surface area contributed by atoms with Crippen LogP contribution in [0.3, 0.4) is 0 Å². The molecule has 1 aliphatic heterocycles. The smallest absolute Gasteiger partial charge is 0.248 e. The summed E-state index contributed by atoms with van der Waals surface area (Å²) in [7, 11) is 0. The molecule has 0 spiro atoms. The van der Waals surface area contributed by atoms with Crippen molar-refractivity contribution in [2.24, 2.45) is 0 Å². The van der Waals surface area contributed by atoms with Gasteiger partial charge in [-0.15, -0.1) is 11.3 Å². The van der Waals surface area contributed by atoms with Gasteiger partial charge in [-0.25, -0.2) is 15.0 Å². The third-order valence-corrected chi connectivity index (χ3v) is 7.71. The lowest BCUT2D eigenvalue weighted by Crippen LogP contribution is -2.40. The molecule has 2 fully saturated rings. The zero-order chi connectivity index (χ0) is 22.2. The van der Waals surface area contributed by atoms with Gasteiger partial charge in [0.05, 0.1) is 11.9 Å². The number of carbonyl (C=O) groups is 1. The molecule has 9 nitrogen and oxygen atoms in total. The van der Waals surface area contributed by atoms with Crippen molar-refractivity contribution in [1.29, 1.82) is 0 Å². The number of H-pyrrole nitrogens is 1. The van der Waals surface area contributed by atoms with Crippen molar-refractivity contribution in [2.45, 2.75) is 69.7 Å². The number of aromatic amines is 1. The van der Waals surface area contributed by atoms with Crippen LogP contribution < -0.4 is 15.5 Å². The first kappa shape index (κ1) is 20.6. The van der Waals surface area contributed by atoms with Gasteiger partial charge in [-0.2, -0.15) is 4.98 Å². The van der Waals surface area contributed by atoms with E-state index in [1.165, 1.54) is 48.3 Å². The molecule has 6 rings (SSSR count). The Labute approximate surface area is 196 Å². The van der Waals surface area contributed by atoms with Crippen LogP contribution in [0.5, 0.6) is 0 Å². The number of fused-ring (bicyclic) bond motifs is 1. The molecule has 1 saturated carbocycles. The Morgan fingerprint density at radius 2 is 2.00 bits per heavy atom. The highest BCUT2D eigenvalue weighted by Crippen LogP contribution is 2.35. The lowest BCUT2D eigenvalue weighted by molar-refractivity contribution is -0.117. The van der Waals surface area contributed by atoms with Gasteiger partial charge < -0.3 is 20.5 Å². The van der Waals surface area contributed by atoms with Crippen molar-refractivity contribution < 1.29 is 4.79 Å². The van der Waals surface area contributed by atoms with Crippen molar-refractivity contribution in [1.82, 2.24) is 24.9 Å². The van der Waals surface area contributed by atoms with Gasteiger partial charge in [-0.1, -0.05) is 12.8 Å². The first-order chi connectivity index (χ1) is 16.2. The average Bonchev–Trinajstić information content (AvgIpc) is 3.64. The molecule has 0 unspecified atom stereocenters. The molecule has 1 amide bonds. The molecule has 172 valence electrons. The number of thiazole rings is 1. The van der Waals surface area contributed by atoms with Gasteiger partial charge in [0.2, 0.25) is 17.8 Å². The number of nitrogens with one attached hydrogen (secondary N) is 3. The second-order valence-corrected chi connectivity index (χ2v) is 10.0. The molecule has 1 saturated heterocycles. The summed E-state index contributed by atoms with van der Waals surface area (Å²) < 4.78 is 0. The van der Waals surface area contributed by atoms with Crippen LogP contribution in [0.1, 0.15) is 67.8 Å². The van der Waals surface area contributed by atoms with Crippen LogP contribution in [0.2, 0.25) is 0 Å². The molecule has 0 aromatic carbocycles. The lowest BCUT2D eigenvalue weighted by Gasteiger charge is -2.24. The van der Waals surface area contributed by atoms with E-state index in [0.29, 0.717) is 17.0 Å². The molecule has 1 atom stereocenters. The third kappa shape index (κ3) is 4.07. The van der Waals surface area contributed by atoms with Gasteiger partial charge in [0.15, 0.2) is 5.13 Å². The summed E-state index contributed by atoms with van der Waals surface area (Å²) in [6.45, 7) is 0.765. The third-order valence-electron chi connectivity index (χ3n) is 7.02. The van der Waals surface area contributed by atoms with Crippen LogP contribution in [-0.2, 0) is 17.6 Å². The molecule has 33 heavy (non-hydrogen) atoms. The fourth-order valence-electron chi connectivity index (χ4n) is 5.36. The standard InChI is InChI=1S/C23H28N8OS/c32-20(30-23-24-10-12-33-23)18-9-4-11-31(18)22-27-16-8-3-7-15(16)19(29-22)28-21-25-13-17(26-21)14-5-1-2-6-14/h10,12-14,18H,1-9,11H2,(H,24,30,32)(H2,25,26,27,28,29)/t18-/m1/s1. The zero-order valence-corrected chi connectivity index (χ0v) is 19.3. The fourth-order valence-corrected chi connectivity index (χ4v) is 5.89. The Kier molecular flexibility index (Phi) is 5.45. The number of anilines is 4. The zero-order valence-electron chi connectivity index (χ0n) is 18.5. The summed E-state index contributed by atoms with van der Waals surface area (Å²) in [5.74, 6) is 2.70. The van der Waals surface area contributed by atoms with Gasteiger partial charge in [0, 0.05) is 35.3 Å². The second-order valence-electron chi connectivity index (χ2n) is 9.12. The number of aromatic nitrogens is 5. The lowest BCUT2D eigenvalue weighted by atomic mass is 10.1. The highest BCUT2D eigenvalue weighted by Gasteiger charge is 2.34. The van der Waals surface area contributed by atoms with E-state index in [4.69, 9.17) is 9.97 Å². The monoisotopic (exact) mass is 464 g/mol. The maximum Gasteiger partial charge on any atom is 0.248 e. The van der Waals surface area contributed by atoms with E-state index < -0.39 is 0 Å². The summed E-state index contributed by atoms with van der Waals surface area (Å²) >= 11 is 1.42. The van der Waals surface area contributed by atoms with Gasteiger partial charge in [0.25, 0.3) is 0 Å². The number of hydrogen-bond acceptors (Lipinski definition) is 8. The molecule has 2 aliphatic carbocycles. The minimum absolute atomic E-state index is 0.0479. The van der Waals surface area contributed by atoms with Crippen LogP contribution in [0.15, 0.2) is 17.8 Å². The van der Waals surface area contributed by atoms with Crippen LogP contribution in [-0.4, -0.2) is 43.4 Å². The number of hydrogen-bond donors (Lipinski definition) is 3. The molecular weight excluding hydrogens is 436 g/mol. The Morgan fingerprint density at radius 1 is 1.09 bits per heavy atom. The van der Waals surface area contributed by atoms with Gasteiger partial charge in [-0.05, 0) is 44.9 Å². The van der Waals surface area contributed by atoms with Crippen LogP contribution >= 0.6 is 11.3 Å². The van der Waals surface area contributed by atoms with E-state index in [-0.39, 0.29) is 11.9 Å². The summed E-state index contributed by atoms with van der Waals surface area (Å²) in [5.41, 5.74) is 3.45. The van der Waals surface area contributed by atoms with Crippen molar-refractivity contribution >= 4 is 40.1 Å². The summed E-state index contributed by atoms with van der Waals surface area (Å²) in [5, 5.41) is 8.86. The number of imidazole rings is 1. The van der Waals surface area contributed by atoms with Crippen LogP contribution in [0.25, 0.3) is 0 Å². The van der Waals surface area contributed by atoms with Crippen LogP contribution in [0.4, 0.5) is 22.8 Å². The number of carbonyl (C=O) groups excluding carboxylic acids is 1. The molecule has 4 heterocycles. The van der Waals surface area contributed by atoms with E-state index in [0.717, 1.165) is 56.1 Å². The Bertz CT molecular complexity index is 1140. The number of rotatable bonds is 6. The SMILES string of the molecule is O=C(Nc1nccs1)[C@H]1CCCN1c1nc2c(c(Nc3ncc(C4CCCC4)[nH]3)n1)CCC2. The topological polar surface area (TPSA) is 112 Å². The highest BCUT2D eigenvalue weighted by molar-refractivity contribution is 7.13. The summed E-state index contributed by atoms with van der Waals surface area (Å²) in [6.07, 6.45) is 13.4. The molecular formula is C23H28N8OS. The average molecular weight is 465 g/mol. The molecule has 3 aromatic rings. The predicted molar refractivity (Wildman–Crippen MR) is 128 cm³/mol. The molecule has 0 bridgehead atoms. The minimum atomic E-state index is -0.293. The number of aryl methyl sites for hydroxylation is 1. The predicted octanol–water partition coefficient (Wildman–Crippen LogP) is 4.15. The summed E-state index contributed by atoms with van der Waals surface area (Å²) in [6, 6.07) is -0.293. The highest BCUT2D eigenvalue weighted by atomic mass is 32.1. The molecule has 3 N–H and O–H groups in total. The van der Waals surface area contributed by atoms with Crippen molar-refractivity contribution in [3.05, 3.63) is 34.7 Å². The van der Waals surface area contributed by atoms with Gasteiger partial charge in [0.1, 0.15) is 11.9 Å². The van der Waals surface area contributed by atoms with Crippen molar-refractivity contribution in [2.75, 3.05) is 22.1 Å². The number of amides is 1. The first-order valence-electron chi connectivity index (χ1n) is 11.9. The van der Waals surface area contributed by atoms with E-state index in [1.807, 2.05) is 16.5 Å². The Hall–Kier alpha value is -3.01. The van der Waals surface area contributed by atoms with E-state index >= 15 is 0 Å². The van der Waals surface area contributed by atoms with E-state index in [2.05, 4.69) is 25.6 Å². The van der Waals surface area contributed by atoms with Gasteiger partial charge >= 0.3 is 0 Å². The molecule has 10 heteroatoms. The summed E-state index contributed by atoms with van der Waals surface area (Å²) in [4.78, 5) is 37.0. The van der Waals surface area contributed by atoms with Crippen molar-refractivity contribution in [3.8, 4) is 0 Å². The van der Waals surface area contributed by atoms with Gasteiger partial charge in [-0.3, -0.25) is 4.79 Å². The van der Waals surface area contributed by atoms with E-state index in [1.54, 1.807) is 6.20 Å². The largest absolute Gasteiger partial charge is 0.329 e. The van der Waals surface area contributed by atoms with Crippen LogP contribution in [0, 0.1) is 0 Å². The Balaban J connectivity index is 1.25.